The minimum absolute atomic E-state index is 0.0525. The average Bonchev–Trinajstić information content (AvgIpc) is 2.31. The molecule has 0 saturated carbocycles. The lowest BCUT2D eigenvalue weighted by molar-refractivity contribution is -0.125. The van der Waals surface area contributed by atoms with Crippen molar-refractivity contribution in [3.63, 3.8) is 0 Å². The first kappa shape index (κ1) is 7.94. The Morgan fingerprint density at radius 1 is 1.90 bits per heavy atom. The van der Waals surface area contributed by atoms with Crippen LogP contribution < -0.4 is 4.72 Å². The third-order valence-electron chi connectivity index (χ3n) is 0.917. The molecular weight excluding hydrogens is 175 g/mol. The molecule has 7 heteroatoms. The van der Waals surface area contributed by atoms with Crippen molar-refractivity contribution in [1.82, 2.24) is 9.03 Å². The van der Waals surface area contributed by atoms with E-state index in [1.54, 1.807) is 0 Å². The molecule has 0 bridgehead atoms. The van der Waals surface area contributed by atoms with Gasteiger partial charge in [0.05, 0.1) is 6.54 Å². The summed E-state index contributed by atoms with van der Waals surface area (Å²) in [6, 6.07) is 0. The molecule has 0 aromatic rings. The number of nitrogens with zero attached hydrogens (tertiary/aromatic N) is 1. The number of hydrogen-bond donors (Lipinski definition) is 1. The fourth-order valence-corrected chi connectivity index (χ4v) is 1.39. The van der Waals surface area contributed by atoms with Crippen molar-refractivity contribution in [3.05, 3.63) is 0 Å². The van der Waals surface area contributed by atoms with Gasteiger partial charge in [-0.3, -0.25) is 4.79 Å². The van der Waals surface area contributed by atoms with Gasteiger partial charge in [0.15, 0.2) is 6.73 Å². The predicted octanol–water partition coefficient (Wildman–Crippen LogP) is -0.106. The van der Waals surface area contributed by atoms with E-state index in [4.69, 9.17) is 0 Å². The Hall–Kier alpha value is -0.160. The van der Waals surface area contributed by atoms with Crippen LogP contribution in [0.1, 0.15) is 0 Å². The van der Waals surface area contributed by atoms with E-state index in [9.17, 15) is 9.36 Å². The lowest BCUT2D eigenvalue weighted by Crippen LogP contribution is -2.21. The van der Waals surface area contributed by atoms with E-state index in [-0.39, 0.29) is 12.6 Å². The largest absolute Gasteiger partial charge is 0.496 e. The highest BCUT2D eigenvalue weighted by Crippen LogP contribution is 2.13. The van der Waals surface area contributed by atoms with Crippen molar-refractivity contribution in [1.29, 1.82) is 0 Å². The van der Waals surface area contributed by atoms with Gasteiger partial charge in [0.1, 0.15) is 0 Å². The van der Waals surface area contributed by atoms with E-state index >= 15 is 0 Å². The van der Waals surface area contributed by atoms with Crippen LogP contribution in [-0.2, 0) is 13.9 Å². The summed E-state index contributed by atoms with van der Waals surface area (Å²) >= 11 is 1.16. The van der Waals surface area contributed by atoms with Gasteiger partial charge in [-0.25, -0.2) is 9.03 Å². The zero-order valence-corrected chi connectivity index (χ0v) is 6.81. The zero-order chi connectivity index (χ0) is 7.40. The van der Waals surface area contributed by atoms with E-state index in [0.29, 0.717) is 6.54 Å². The molecule has 1 saturated heterocycles. The minimum Gasteiger partial charge on any atom is -0.272 e. The number of carbonyl (C=O) groups excluding carboxylic acids is 1. The van der Waals surface area contributed by atoms with Crippen molar-refractivity contribution in [2.24, 2.45) is 0 Å². The third kappa shape index (κ3) is 1.91. The number of nitrogens with one attached hydrogen (secondary N) is 1. The summed E-state index contributed by atoms with van der Waals surface area (Å²) in [5, 5.41) is 0. The summed E-state index contributed by atoms with van der Waals surface area (Å²) in [5.74, 6) is -0.0525. The molecule has 1 unspecified atom stereocenters. The maximum atomic E-state index is 10.7. The third-order valence-corrected chi connectivity index (χ3v) is 1.97. The van der Waals surface area contributed by atoms with Crippen molar-refractivity contribution >= 4 is 26.7 Å². The standard InChI is InChI=1S/C3H6N2O3PS/c6-3-1-4-10-5(3)2-8-9-7/h4,9H,1-2H2/q+1. The quantitative estimate of drug-likeness (QED) is 0.486. The fourth-order valence-electron chi connectivity index (χ4n) is 0.494. The SMILES string of the molecule is O=[PH+]OCN1SNCC1=O. The van der Waals surface area contributed by atoms with Crippen LogP contribution in [0.4, 0.5) is 0 Å². The first-order chi connectivity index (χ1) is 4.84. The molecule has 1 rings (SSSR count). The Morgan fingerprint density at radius 2 is 2.70 bits per heavy atom. The molecule has 1 amide bonds. The fraction of sp³-hybridized carbons (Fsp3) is 0.667. The van der Waals surface area contributed by atoms with E-state index in [1.165, 1.54) is 4.31 Å². The van der Waals surface area contributed by atoms with Gasteiger partial charge < -0.3 is 0 Å². The van der Waals surface area contributed by atoms with Gasteiger partial charge in [-0.1, -0.05) is 0 Å². The van der Waals surface area contributed by atoms with Crippen LogP contribution in [0.25, 0.3) is 0 Å². The first-order valence-electron chi connectivity index (χ1n) is 2.53. The summed E-state index contributed by atoms with van der Waals surface area (Å²) in [7, 11) is -0.811. The highest BCUT2D eigenvalue weighted by atomic mass is 32.2. The monoisotopic (exact) mass is 181 g/mol. The molecule has 0 spiro atoms. The summed E-state index contributed by atoms with van der Waals surface area (Å²) in [6.45, 7) is 0.397. The van der Waals surface area contributed by atoms with Gasteiger partial charge >= 0.3 is 8.69 Å². The van der Waals surface area contributed by atoms with Crippen molar-refractivity contribution in [3.8, 4) is 0 Å². The molecule has 0 radical (unpaired) electrons. The Labute approximate surface area is 63.6 Å². The lowest BCUT2D eigenvalue weighted by Gasteiger charge is -2.05. The van der Waals surface area contributed by atoms with Crippen LogP contribution in [0.3, 0.4) is 0 Å². The van der Waals surface area contributed by atoms with Crippen LogP contribution in [-0.4, -0.2) is 23.5 Å². The zero-order valence-electron chi connectivity index (χ0n) is 4.99. The van der Waals surface area contributed by atoms with Gasteiger partial charge in [-0.05, 0) is 4.57 Å². The molecule has 1 fully saturated rings. The smallest absolute Gasteiger partial charge is 0.272 e. The topological polar surface area (TPSA) is 58.6 Å². The lowest BCUT2D eigenvalue weighted by atomic mass is 10.6. The average molecular weight is 181 g/mol. The Balaban J connectivity index is 2.26. The molecule has 0 aliphatic carbocycles. The Morgan fingerprint density at radius 3 is 3.20 bits per heavy atom. The Bertz CT molecular complexity index is 155. The van der Waals surface area contributed by atoms with E-state index in [2.05, 4.69) is 9.25 Å². The van der Waals surface area contributed by atoms with Crippen LogP contribution in [0.5, 0.6) is 0 Å². The molecule has 1 atom stereocenters. The molecule has 1 aliphatic heterocycles. The van der Waals surface area contributed by atoms with Crippen molar-refractivity contribution < 1.29 is 13.9 Å². The van der Waals surface area contributed by atoms with Crippen LogP contribution >= 0.6 is 20.8 Å². The second-order valence-corrected chi connectivity index (χ2v) is 2.91. The second kappa shape index (κ2) is 3.88. The van der Waals surface area contributed by atoms with E-state index in [1.807, 2.05) is 0 Å². The van der Waals surface area contributed by atoms with E-state index < -0.39 is 8.69 Å². The highest BCUT2D eigenvalue weighted by Gasteiger charge is 2.21. The molecule has 0 aromatic heterocycles. The van der Waals surface area contributed by atoms with Crippen molar-refractivity contribution in [2.45, 2.75) is 0 Å². The number of carbonyl (C=O) groups is 1. The summed E-state index contributed by atoms with van der Waals surface area (Å²) in [4.78, 5) is 10.7. The molecular formula is C3H6N2O3PS+. The molecule has 0 aromatic carbocycles. The normalized spacial score (nSPS) is 18.8. The van der Waals surface area contributed by atoms with Crippen LogP contribution in [0.15, 0.2) is 0 Å². The molecule has 5 nitrogen and oxygen atoms in total. The van der Waals surface area contributed by atoms with Gasteiger partial charge in [0, 0.05) is 12.1 Å². The Kier molecular flexibility index (Phi) is 3.08. The molecule has 1 heterocycles. The summed E-state index contributed by atoms with van der Waals surface area (Å²) in [5.41, 5.74) is 0. The van der Waals surface area contributed by atoms with Gasteiger partial charge in [-0.15, -0.1) is 4.52 Å². The van der Waals surface area contributed by atoms with Gasteiger partial charge in [0.2, 0.25) is 0 Å². The van der Waals surface area contributed by atoms with Crippen LogP contribution in [0.2, 0.25) is 0 Å². The number of rotatable bonds is 3. The molecule has 56 valence electrons. The van der Waals surface area contributed by atoms with Gasteiger partial charge in [0.25, 0.3) is 5.91 Å². The first-order valence-corrected chi connectivity index (χ1v) is 4.12. The predicted molar refractivity (Wildman–Crippen MR) is 37.4 cm³/mol. The summed E-state index contributed by atoms with van der Waals surface area (Å²) < 4.78 is 18.4. The maximum absolute atomic E-state index is 10.7. The molecule has 1 N–H and O–H groups in total. The van der Waals surface area contributed by atoms with Gasteiger partial charge in [-0.2, -0.15) is 0 Å². The van der Waals surface area contributed by atoms with E-state index in [0.717, 1.165) is 12.1 Å². The summed E-state index contributed by atoms with van der Waals surface area (Å²) in [6.07, 6.45) is 0. The second-order valence-electron chi connectivity index (χ2n) is 1.54. The molecule has 10 heavy (non-hydrogen) atoms. The minimum atomic E-state index is -0.811. The number of hydrogen-bond acceptors (Lipinski definition) is 5. The maximum Gasteiger partial charge on any atom is 0.496 e. The highest BCUT2D eigenvalue weighted by molar-refractivity contribution is 7.96. The molecule has 1 aliphatic rings. The van der Waals surface area contributed by atoms with Crippen molar-refractivity contribution in [2.75, 3.05) is 13.3 Å². The van der Waals surface area contributed by atoms with Crippen LogP contribution in [0, 0.1) is 0 Å². The number of amides is 1.